The fourth-order valence-electron chi connectivity index (χ4n) is 4.56. The Kier molecular flexibility index (Phi) is 7.44. The second-order valence-corrected chi connectivity index (χ2v) is 9.66. The molecule has 0 aliphatic carbocycles. The maximum atomic E-state index is 13.1. The molecule has 200 valence electrons. The van der Waals surface area contributed by atoms with Crippen LogP contribution in [-0.4, -0.2) is 52.9 Å². The molecule has 0 N–H and O–H groups in total. The summed E-state index contributed by atoms with van der Waals surface area (Å²) in [5.41, 5.74) is 0.827. The van der Waals surface area contributed by atoms with Crippen LogP contribution < -0.4 is 14.2 Å². The number of halogens is 2. The zero-order valence-corrected chi connectivity index (χ0v) is 22.7. The molecule has 1 spiro atoms. The Morgan fingerprint density at radius 3 is 1.97 bits per heavy atom. The summed E-state index contributed by atoms with van der Waals surface area (Å²) in [4.78, 5) is 13.1. The van der Waals surface area contributed by atoms with Gasteiger partial charge >= 0.3 is 5.97 Å². The van der Waals surface area contributed by atoms with Crippen LogP contribution in [0.3, 0.4) is 0 Å². The maximum absolute atomic E-state index is 13.1. The summed E-state index contributed by atoms with van der Waals surface area (Å²) < 4.78 is 40.0. The number of fused-ring (bicyclic) bond motifs is 6. The highest BCUT2D eigenvalue weighted by Gasteiger charge is 2.54. The van der Waals surface area contributed by atoms with E-state index in [2.05, 4.69) is 0 Å². The molecule has 0 bridgehead atoms. The summed E-state index contributed by atoms with van der Waals surface area (Å²) in [6.07, 6.45) is -0.739. The summed E-state index contributed by atoms with van der Waals surface area (Å²) in [7, 11) is 4.63. The Morgan fingerprint density at radius 2 is 1.39 bits per heavy atom. The van der Waals surface area contributed by atoms with Gasteiger partial charge in [-0.2, -0.15) is 0 Å². The molecule has 0 saturated heterocycles. The monoisotopic (exact) mass is 560 g/mol. The van der Waals surface area contributed by atoms with E-state index in [0.29, 0.717) is 55.3 Å². The standard InChI is InChI=1S/C28H26Cl2O8/c1-15(32-2)13-35-24-11-22-18(9-20(24)29)28(17-8-6-5-7-16(17)27(31)38-28)19-10-21(30)25(12-23(19)37-22)36-14-26(33-3)34-4/h5-12,15,26H,13-14H2,1-4H3. The van der Waals surface area contributed by atoms with E-state index in [1.165, 1.54) is 14.2 Å². The maximum Gasteiger partial charge on any atom is 0.340 e. The molecule has 2 aliphatic rings. The first kappa shape index (κ1) is 26.6. The summed E-state index contributed by atoms with van der Waals surface area (Å²) >= 11 is 13.3. The van der Waals surface area contributed by atoms with Gasteiger partial charge in [-0.15, -0.1) is 0 Å². The number of ether oxygens (including phenoxy) is 7. The Balaban J connectivity index is 1.66. The average molecular weight is 561 g/mol. The third kappa shape index (κ3) is 4.46. The fourth-order valence-corrected chi connectivity index (χ4v) is 4.99. The molecular formula is C28H26Cl2O8. The molecule has 8 nitrogen and oxygen atoms in total. The zero-order valence-electron chi connectivity index (χ0n) is 21.2. The average Bonchev–Trinajstić information content (AvgIpc) is 3.22. The molecular weight excluding hydrogens is 535 g/mol. The van der Waals surface area contributed by atoms with Gasteiger partial charge in [0.15, 0.2) is 11.9 Å². The highest BCUT2D eigenvalue weighted by atomic mass is 35.5. The SMILES string of the molecule is COC(C)COc1cc2c(cc1Cl)C1(OC(=O)c3ccccc31)c1cc(Cl)c(OCC(OC)OC)cc1O2. The molecule has 3 aromatic rings. The van der Waals surface area contributed by atoms with E-state index >= 15 is 0 Å². The van der Waals surface area contributed by atoms with Crippen molar-refractivity contribution < 1.29 is 38.0 Å². The summed E-state index contributed by atoms with van der Waals surface area (Å²) in [5.74, 6) is 1.08. The lowest BCUT2D eigenvalue weighted by atomic mass is 9.77. The van der Waals surface area contributed by atoms with E-state index in [0.717, 1.165) is 0 Å². The van der Waals surface area contributed by atoms with Gasteiger partial charge in [0.05, 0.1) is 21.7 Å². The molecule has 0 fully saturated rings. The van der Waals surface area contributed by atoms with E-state index in [1.807, 2.05) is 19.1 Å². The highest BCUT2D eigenvalue weighted by molar-refractivity contribution is 6.32. The number of benzene rings is 3. The van der Waals surface area contributed by atoms with E-state index in [4.69, 9.17) is 56.4 Å². The van der Waals surface area contributed by atoms with Crippen LogP contribution in [0, 0.1) is 0 Å². The minimum atomic E-state index is -1.34. The van der Waals surface area contributed by atoms with Crippen molar-refractivity contribution in [3.63, 3.8) is 0 Å². The highest BCUT2D eigenvalue weighted by Crippen LogP contribution is 2.58. The van der Waals surface area contributed by atoms with Gasteiger partial charge in [0.2, 0.25) is 0 Å². The summed E-state index contributed by atoms with van der Waals surface area (Å²) in [5, 5.41) is 0.622. The lowest BCUT2D eigenvalue weighted by molar-refractivity contribution is -0.121. The van der Waals surface area contributed by atoms with Gasteiger partial charge < -0.3 is 33.2 Å². The molecule has 0 aromatic heterocycles. The van der Waals surface area contributed by atoms with E-state index in [1.54, 1.807) is 43.5 Å². The van der Waals surface area contributed by atoms with Gasteiger partial charge in [0, 0.05) is 50.2 Å². The number of esters is 1. The number of rotatable bonds is 9. The van der Waals surface area contributed by atoms with Gasteiger partial charge in [-0.25, -0.2) is 4.79 Å². The van der Waals surface area contributed by atoms with Crippen LogP contribution in [0.2, 0.25) is 10.0 Å². The first-order chi connectivity index (χ1) is 18.3. The molecule has 5 rings (SSSR count). The Labute approximate surface area is 230 Å². The molecule has 0 radical (unpaired) electrons. The fraction of sp³-hybridized carbons (Fsp3) is 0.321. The van der Waals surface area contributed by atoms with Crippen LogP contribution in [0.15, 0.2) is 48.5 Å². The molecule has 2 aliphatic heterocycles. The lowest BCUT2D eigenvalue weighted by Crippen LogP contribution is -2.33. The Morgan fingerprint density at radius 1 is 0.816 bits per heavy atom. The lowest BCUT2D eigenvalue weighted by Gasteiger charge is -2.37. The van der Waals surface area contributed by atoms with Crippen molar-refractivity contribution in [1.82, 2.24) is 0 Å². The predicted molar refractivity (Wildman–Crippen MR) is 140 cm³/mol. The Hall–Kier alpha value is -3.01. The third-order valence-corrected chi connectivity index (χ3v) is 7.19. The van der Waals surface area contributed by atoms with Gasteiger partial charge in [0.1, 0.15) is 36.2 Å². The largest absolute Gasteiger partial charge is 0.489 e. The van der Waals surface area contributed by atoms with Crippen LogP contribution in [-0.2, 0) is 24.5 Å². The van der Waals surface area contributed by atoms with Crippen molar-refractivity contribution in [2.45, 2.75) is 24.9 Å². The van der Waals surface area contributed by atoms with Crippen LogP contribution in [0.25, 0.3) is 0 Å². The molecule has 10 heteroatoms. The normalized spacial score (nSPS) is 17.9. The van der Waals surface area contributed by atoms with E-state index in [9.17, 15) is 4.79 Å². The van der Waals surface area contributed by atoms with Crippen molar-refractivity contribution >= 4 is 29.2 Å². The van der Waals surface area contributed by atoms with Gasteiger partial charge in [-0.05, 0) is 25.1 Å². The quantitative estimate of drug-likeness (QED) is 0.234. The number of hydrogen-bond donors (Lipinski definition) is 0. The minimum absolute atomic E-state index is 0.0936. The van der Waals surface area contributed by atoms with Gasteiger partial charge in [-0.3, -0.25) is 0 Å². The van der Waals surface area contributed by atoms with Crippen LogP contribution >= 0.6 is 23.2 Å². The number of methoxy groups -OCH3 is 3. The number of hydrogen-bond acceptors (Lipinski definition) is 8. The number of carbonyl (C=O) groups excluding carboxylic acids is 1. The van der Waals surface area contributed by atoms with Crippen LogP contribution in [0.4, 0.5) is 0 Å². The second kappa shape index (κ2) is 10.6. The Bertz CT molecular complexity index is 1370. The molecule has 0 saturated carbocycles. The van der Waals surface area contributed by atoms with Crippen molar-refractivity contribution in [3.05, 3.63) is 80.8 Å². The van der Waals surface area contributed by atoms with E-state index < -0.39 is 17.9 Å². The molecule has 2 unspecified atom stereocenters. The third-order valence-electron chi connectivity index (χ3n) is 6.60. The van der Waals surface area contributed by atoms with Gasteiger partial charge in [-0.1, -0.05) is 41.4 Å². The molecule has 2 heterocycles. The van der Waals surface area contributed by atoms with Crippen LogP contribution in [0.1, 0.15) is 34.0 Å². The van der Waals surface area contributed by atoms with Crippen molar-refractivity contribution in [2.24, 2.45) is 0 Å². The first-order valence-corrected chi connectivity index (χ1v) is 12.6. The second-order valence-electron chi connectivity index (χ2n) is 8.85. The topological polar surface area (TPSA) is 81.7 Å². The smallest absolute Gasteiger partial charge is 0.340 e. The number of carbonyl (C=O) groups is 1. The van der Waals surface area contributed by atoms with Gasteiger partial charge in [0.25, 0.3) is 0 Å². The van der Waals surface area contributed by atoms with Crippen molar-refractivity contribution in [1.29, 1.82) is 0 Å². The predicted octanol–water partition coefficient (Wildman–Crippen LogP) is 5.97. The van der Waals surface area contributed by atoms with Crippen LogP contribution in [0.5, 0.6) is 23.0 Å². The van der Waals surface area contributed by atoms with E-state index in [-0.39, 0.29) is 19.3 Å². The first-order valence-electron chi connectivity index (χ1n) is 11.8. The van der Waals surface area contributed by atoms with Crippen molar-refractivity contribution in [2.75, 3.05) is 34.5 Å². The molecule has 3 aromatic carbocycles. The molecule has 0 amide bonds. The van der Waals surface area contributed by atoms with Crippen molar-refractivity contribution in [3.8, 4) is 23.0 Å². The minimum Gasteiger partial charge on any atom is -0.489 e. The molecule has 2 atom stereocenters. The molecule has 38 heavy (non-hydrogen) atoms. The summed E-state index contributed by atoms with van der Waals surface area (Å²) in [6, 6.07) is 13.9. The zero-order chi connectivity index (χ0) is 27.0. The summed E-state index contributed by atoms with van der Waals surface area (Å²) in [6.45, 7) is 2.25.